The SMILES string of the molecule is CN=C(NCCCN1CCC(C)CC1)NCC(C)CN1CCCC1. The van der Waals surface area contributed by atoms with Gasteiger partial charge in [-0.15, -0.1) is 0 Å². The van der Waals surface area contributed by atoms with E-state index in [2.05, 4.69) is 39.3 Å². The third-order valence-corrected chi connectivity index (χ3v) is 5.43. The van der Waals surface area contributed by atoms with Crippen LogP contribution in [0.3, 0.4) is 0 Å². The molecule has 2 aliphatic heterocycles. The van der Waals surface area contributed by atoms with E-state index in [1.54, 1.807) is 0 Å². The lowest BCUT2D eigenvalue weighted by molar-refractivity contribution is 0.191. The lowest BCUT2D eigenvalue weighted by atomic mass is 9.99. The van der Waals surface area contributed by atoms with Crippen LogP contribution in [0.15, 0.2) is 4.99 Å². The highest BCUT2D eigenvalue weighted by molar-refractivity contribution is 5.79. The van der Waals surface area contributed by atoms with Gasteiger partial charge < -0.3 is 20.4 Å². The van der Waals surface area contributed by atoms with Crippen LogP contribution in [-0.2, 0) is 0 Å². The molecule has 0 amide bonds. The van der Waals surface area contributed by atoms with Gasteiger partial charge in [-0.05, 0) is 76.7 Å². The molecule has 0 aromatic heterocycles. The topological polar surface area (TPSA) is 42.9 Å². The van der Waals surface area contributed by atoms with E-state index in [9.17, 15) is 0 Å². The van der Waals surface area contributed by atoms with Crippen molar-refractivity contribution in [1.82, 2.24) is 20.4 Å². The number of nitrogens with zero attached hydrogens (tertiary/aromatic N) is 3. The molecule has 2 aliphatic rings. The normalized spacial score (nSPS) is 22.7. The predicted molar refractivity (Wildman–Crippen MR) is 104 cm³/mol. The van der Waals surface area contributed by atoms with Gasteiger partial charge in [0, 0.05) is 26.7 Å². The van der Waals surface area contributed by atoms with Crippen LogP contribution in [-0.4, -0.2) is 75.2 Å². The van der Waals surface area contributed by atoms with Crippen molar-refractivity contribution < 1.29 is 0 Å². The van der Waals surface area contributed by atoms with E-state index in [0.717, 1.165) is 25.0 Å². The summed E-state index contributed by atoms with van der Waals surface area (Å²) in [6.45, 7) is 14.3. The summed E-state index contributed by atoms with van der Waals surface area (Å²) in [5.41, 5.74) is 0. The Morgan fingerprint density at radius 3 is 2.46 bits per heavy atom. The van der Waals surface area contributed by atoms with E-state index in [1.165, 1.54) is 71.4 Å². The van der Waals surface area contributed by atoms with E-state index in [4.69, 9.17) is 0 Å². The summed E-state index contributed by atoms with van der Waals surface area (Å²) in [7, 11) is 1.87. The Hall–Kier alpha value is -0.810. The zero-order chi connectivity index (χ0) is 17.2. The first kappa shape index (κ1) is 19.5. The largest absolute Gasteiger partial charge is 0.356 e. The second kappa shape index (κ2) is 10.9. The zero-order valence-corrected chi connectivity index (χ0v) is 16.2. The smallest absolute Gasteiger partial charge is 0.190 e. The molecule has 1 atom stereocenters. The van der Waals surface area contributed by atoms with Crippen LogP contribution in [0.25, 0.3) is 0 Å². The molecule has 0 aliphatic carbocycles. The van der Waals surface area contributed by atoms with Crippen LogP contribution in [0.2, 0.25) is 0 Å². The van der Waals surface area contributed by atoms with Crippen LogP contribution in [0, 0.1) is 11.8 Å². The second-order valence-corrected chi connectivity index (χ2v) is 7.87. The van der Waals surface area contributed by atoms with Gasteiger partial charge in [-0.3, -0.25) is 4.99 Å². The number of hydrogen-bond acceptors (Lipinski definition) is 3. The zero-order valence-electron chi connectivity index (χ0n) is 16.2. The average Bonchev–Trinajstić information content (AvgIpc) is 3.08. The van der Waals surface area contributed by atoms with E-state index in [1.807, 2.05) is 7.05 Å². The standard InChI is InChI=1S/C19H39N5/c1-17-7-13-23(14-8-17)12-6-9-21-19(20-3)22-15-18(2)16-24-10-4-5-11-24/h17-18H,4-16H2,1-3H3,(H2,20,21,22). The average molecular weight is 338 g/mol. The van der Waals surface area contributed by atoms with Crippen molar-refractivity contribution in [2.45, 2.75) is 46.0 Å². The summed E-state index contributed by atoms with van der Waals surface area (Å²) in [5.74, 6) is 2.54. The van der Waals surface area contributed by atoms with Crippen molar-refractivity contribution in [3.63, 3.8) is 0 Å². The minimum atomic E-state index is 0.664. The van der Waals surface area contributed by atoms with Crippen molar-refractivity contribution in [2.24, 2.45) is 16.8 Å². The number of piperidine rings is 1. The summed E-state index contributed by atoms with van der Waals surface area (Å²) < 4.78 is 0. The number of rotatable bonds is 8. The third-order valence-electron chi connectivity index (χ3n) is 5.43. The van der Waals surface area contributed by atoms with Crippen LogP contribution in [0.4, 0.5) is 0 Å². The minimum Gasteiger partial charge on any atom is -0.356 e. The quantitative estimate of drug-likeness (QED) is 0.404. The van der Waals surface area contributed by atoms with Gasteiger partial charge in [-0.2, -0.15) is 0 Å². The van der Waals surface area contributed by atoms with Gasteiger partial charge in [-0.25, -0.2) is 0 Å². The molecule has 0 aromatic rings. The maximum Gasteiger partial charge on any atom is 0.190 e. The first-order chi connectivity index (χ1) is 11.7. The molecule has 140 valence electrons. The summed E-state index contributed by atoms with van der Waals surface area (Å²) in [4.78, 5) is 9.55. The number of hydrogen-bond donors (Lipinski definition) is 2. The Balaban J connectivity index is 1.52. The number of guanidine groups is 1. The molecule has 5 nitrogen and oxygen atoms in total. The molecule has 2 heterocycles. The van der Waals surface area contributed by atoms with Gasteiger partial charge in [0.2, 0.25) is 0 Å². The molecule has 0 aromatic carbocycles. The molecule has 2 N–H and O–H groups in total. The van der Waals surface area contributed by atoms with Crippen molar-refractivity contribution in [3.05, 3.63) is 0 Å². The van der Waals surface area contributed by atoms with E-state index in [0.29, 0.717) is 5.92 Å². The van der Waals surface area contributed by atoms with E-state index in [-0.39, 0.29) is 0 Å². The predicted octanol–water partition coefficient (Wildman–Crippen LogP) is 2.01. The van der Waals surface area contributed by atoms with Crippen molar-refractivity contribution in [1.29, 1.82) is 0 Å². The first-order valence-corrected chi connectivity index (χ1v) is 10.1. The Morgan fingerprint density at radius 1 is 1.08 bits per heavy atom. The molecular weight excluding hydrogens is 298 g/mol. The fraction of sp³-hybridized carbons (Fsp3) is 0.947. The van der Waals surface area contributed by atoms with Crippen LogP contribution in [0.5, 0.6) is 0 Å². The van der Waals surface area contributed by atoms with Gasteiger partial charge in [0.05, 0.1) is 0 Å². The molecule has 0 bridgehead atoms. The summed E-state index contributed by atoms with van der Waals surface area (Å²) >= 11 is 0. The summed E-state index contributed by atoms with van der Waals surface area (Å²) in [6, 6.07) is 0. The Kier molecular flexibility index (Phi) is 8.89. The molecule has 0 saturated carbocycles. The molecule has 24 heavy (non-hydrogen) atoms. The maximum absolute atomic E-state index is 4.35. The highest BCUT2D eigenvalue weighted by Gasteiger charge is 2.16. The number of likely N-dealkylation sites (tertiary alicyclic amines) is 2. The summed E-state index contributed by atoms with van der Waals surface area (Å²) in [5, 5.41) is 6.95. The van der Waals surface area contributed by atoms with Gasteiger partial charge in [-0.1, -0.05) is 13.8 Å². The fourth-order valence-corrected chi connectivity index (χ4v) is 3.76. The van der Waals surface area contributed by atoms with Gasteiger partial charge >= 0.3 is 0 Å². The number of aliphatic imine (C=N–C) groups is 1. The molecular formula is C19H39N5. The molecule has 0 spiro atoms. The Labute approximate surface area is 149 Å². The van der Waals surface area contributed by atoms with Gasteiger partial charge in [0.25, 0.3) is 0 Å². The first-order valence-electron chi connectivity index (χ1n) is 10.1. The molecule has 1 unspecified atom stereocenters. The number of nitrogens with one attached hydrogen (secondary N) is 2. The fourth-order valence-electron chi connectivity index (χ4n) is 3.76. The highest BCUT2D eigenvalue weighted by Crippen LogP contribution is 2.15. The third kappa shape index (κ3) is 7.39. The minimum absolute atomic E-state index is 0.664. The van der Waals surface area contributed by atoms with Gasteiger partial charge in [0.15, 0.2) is 5.96 Å². The Morgan fingerprint density at radius 2 is 1.79 bits per heavy atom. The molecule has 2 rings (SSSR count). The molecule has 2 fully saturated rings. The molecule has 0 radical (unpaired) electrons. The van der Waals surface area contributed by atoms with Crippen molar-refractivity contribution in [2.75, 3.05) is 59.4 Å². The van der Waals surface area contributed by atoms with E-state index < -0.39 is 0 Å². The van der Waals surface area contributed by atoms with Crippen molar-refractivity contribution in [3.8, 4) is 0 Å². The van der Waals surface area contributed by atoms with Crippen molar-refractivity contribution >= 4 is 5.96 Å². The van der Waals surface area contributed by atoms with Crippen LogP contribution >= 0.6 is 0 Å². The molecule has 2 saturated heterocycles. The Bertz CT molecular complexity index is 357. The van der Waals surface area contributed by atoms with Gasteiger partial charge in [0.1, 0.15) is 0 Å². The lowest BCUT2D eigenvalue weighted by Gasteiger charge is -2.30. The molecule has 5 heteroatoms. The summed E-state index contributed by atoms with van der Waals surface area (Å²) in [6.07, 6.45) is 6.67. The lowest BCUT2D eigenvalue weighted by Crippen LogP contribution is -2.42. The van der Waals surface area contributed by atoms with E-state index >= 15 is 0 Å². The highest BCUT2D eigenvalue weighted by atomic mass is 15.2. The van der Waals surface area contributed by atoms with Crippen LogP contribution < -0.4 is 10.6 Å². The maximum atomic E-state index is 4.35. The second-order valence-electron chi connectivity index (χ2n) is 7.87. The van der Waals surface area contributed by atoms with Crippen LogP contribution in [0.1, 0.15) is 46.0 Å². The monoisotopic (exact) mass is 337 g/mol.